The molecule has 1 aliphatic heterocycles. The predicted molar refractivity (Wildman–Crippen MR) is 117 cm³/mol. The lowest BCUT2D eigenvalue weighted by molar-refractivity contribution is -0.384. The molecule has 13 nitrogen and oxygen atoms in total. The molecule has 0 bridgehead atoms. The van der Waals surface area contributed by atoms with Gasteiger partial charge in [0, 0.05) is 39.8 Å². The average molecular weight is 496 g/mol. The molecule has 13 heteroatoms. The molecule has 0 unspecified atom stereocenters. The van der Waals surface area contributed by atoms with Gasteiger partial charge in [0.2, 0.25) is 5.91 Å². The monoisotopic (exact) mass is 496 g/mol. The van der Waals surface area contributed by atoms with Crippen LogP contribution in [0.2, 0.25) is 0 Å². The van der Waals surface area contributed by atoms with Crippen molar-refractivity contribution < 1.29 is 47.8 Å². The lowest BCUT2D eigenvalue weighted by atomic mass is 9.96. The number of hydrogen-bond donors (Lipinski definition) is 1. The quantitative estimate of drug-likeness (QED) is 0.210. The highest BCUT2D eigenvalue weighted by molar-refractivity contribution is 5.73. The van der Waals surface area contributed by atoms with Gasteiger partial charge in [-0.1, -0.05) is 12.1 Å². The van der Waals surface area contributed by atoms with Crippen LogP contribution in [0.25, 0.3) is 0 Å². The van der Waals surface area contributed by atoms with Crippen molar-refractivity contribution in [2.24, 2.45) is 0 Å². The van der Waals surface area contributed by atoms with E-state index in [1.54, 1.807) is 12.1 Å². The predicted octanol–water partition coefficient (Wildman–Crippen LogP) is 0.810. The van der Waals surface area contributed by atoms with E-state index >= 15 is 0 Å². The second-order valence-electron chi connectivity index (χ2n) is 7.76. The van der Waals surface area contributed by atoms with Crippen LogP contribution in [0.1, 0.15) is 33.3 Å². The number of hydrogen-bond acceptors (Lipinski definition) is 11. The fourth-order valence-electron chi connectivity index (χ4n) is 3.51. The summed E-state index contributed by atoms with van der Waals surface area (Å²) in [5.41, 5.74) is 0.693. The van der Waals surface area contributed by atoms with Crippen LogP contribution in [-0.2, 0) is 49.3 Å². The van der Waals surface area contributed by atoms with Gasteiger partial charge in [-0.25, -0.2) is 0 Å². The van der Waals surface area contributed by atoms with Crippen molar-refractivity contribution in [3.05, 3.63) is 39.9 Å². The summed E-state index contributed by atoms with van der Waals surface area (Å²) in [7, 11) is 0. The first-order valence-electron chi connectivity index (χ1n) is 10.7. The standard InChI is InChI=1S/C22H28N2O11/c1-12(25)23-19-21(34-15(4)28)20(33-14(3)27)18(11-32-13(2)26)35-22(19)31-10-9-16-5-7-17(8-6-16)24(29)30/h5-8,18-22H,9-11H2,1-4H3,(H,23,25)/t18-,19-,20+,21-,22-/m1/s1. The number of rotatable bonds is 10. The van der Waals surface area contributed by atoms with Crippen LogP contribution in [-0.4, -0.2) is 72.6 Å². The second-order valence-corrected chi connectivity index (χ2v) is 7.76. The van der Waals surface area contributed by atoms with Gasteiger partial charge in [-0.3, -0.25) is 29.3 Å². The molecule has 1 aromatic rings. The molecule has 1 N–H and O–H groups in total. The molecule has 35 heavy (non-hydrogen) atoms. The molecule has 0 saturated carbocycles. The highest BCUT2D eigenvalue weighted by Crippen LogP contribution is 2.28. The van der Waals surface area contributed by atoms with Gasteiger partial charge in [-0.15, -0.1) is 0 Å². The van der Waals surface area contributed by atoms with Crippen molar-refractivity contribution in [3.8, 4) is 0 Å². The van der Waals surface area contributed by atoms with Gasteiger partial charge in [-0.05, 0) is 12.0 Å². The van der Waals surface area contributed by atoms with Gasteiger partial charge in [-0.2, -0.15) is 0 Å². The number of benzene rings is 1. The minimum atomic E-state index is -1.21. The number of nitro groups is 1. The molecule has 2 rings (SSSR count). The number of esters is 3. The SMILES string of the molecule is CC(=O)N[C@H]1[C@H](OCCc2ccc([N+](=O)[O-])cc2)O[C@H](COC(C)=O)[C@H](OC(C)=O)[C@@H]1OC(C)=O. The highest BCUT2D eigenvalue weighted by Gasteiger charge is 2.51. The third-order valence-corrected chi connectivity index (χ3v) is 4.89. The Bertz CT molecular complexity index is 934. The molecule has 0 radical (unpaired) electrons. The molecular weight excluding hydrogens is 468 g/mol. The van der Waals surface area contributed by atoms with Crippen molar-refractivity contribution in [3.63, 3.8) is 0 Å². The maximum atomic E-state index is 11.9. The van der Waals surface area contributed by atoms with Crippen LogP contribution >= 0.6 is 0 Å². The molecule has 1 aliphatic rings. The zero-order valence-electron chi connectivity index (χ0n) is 19.8. The molecule has 1 fully saturated rings. The van der Waals surface area contributed by atoms with Gasteiger partial charge in [0.1, 0.15) is 18.8 Å². The molecule has 1 amide bonds. The van der Waals surface area contributed by atoms with Crippen molar-refractivity contribution in [2.45, 2.75) is 64.8 Å². The average Bonchev–Trinajstić information content (AvgIpc) is 2.75. The first-order chi connectivity index (χ1) is 16.5. The minimum Gasteiger partial charge on any atom is -0.463 e. The van der Waals surface area contributed by atoms with E-state index in [0.717, 1.165) is 19.4 Å². The van der Waals surface area contributed by atoms with Crippen LogP contribution in [0.15, 0.2) is 24.3 Å². The zero-order chi connectivity index (χ0) is 26.1. The molecule has 0 aromatic heterocycles. The summed E-state index contributed by atoms with van der Waals surface area (Å²) in [6, 6.07) is 4.82. The Morgan fingerprint density at radius 2 is 1.57 bits per heavy atom. The lowest BCUT2D eigenvalue weighted by Gasteiger charge is -2.44. The van der Waals surface area contributed by atoms with Crippen molar-refractivity contribution in [2.75, 3.05) is 13.2 Å². The van der Waals surface area contributed by atoms with E-state index < -0.39 is 59.4 Å². The smallest absolute Gasteiger partial charge is 0.303 e. The maximum Gasteiger partial charge on any atom is 0.303 e. The minimum absolute atomic E-state index is 0.0509. The summed E-state index contributed by atoms with van der Waals surface area (Å²) in [5.74, 6) is -2.51. The molecule has 1 saturated heterocycles. The Labute approximate surface area is 201 Å². The normalized spacial score (nSPS) is 23.6. The number of ether oxygens (including phenoxy) is 5. The molecule has 1 aromatic carbocycles. The Kier molecular flexibility index (Phi) is 10.1. The summed E-state index contributed by atoms with van der Waals surface area (Å²) in [4.78, 5) is 57.2. The van der Waals surface area contributed by atoms with E-state index in [4.69, 9.17) is 23.7 Å². The second kappa shape index (κ2) is 12.8. The number of nitrogens with zero attached hydrogens (tertiary/aromatic N) is 1. The molecule has 0 spiro atoms. The summed E-state index contributed by atoms with van der Waals surface area (Å²) in [6.07, 6.45) is -4.32. The molecule has 5 atom stereocenters. The van der Waals surface area contributed by atoms with Gasteiger partial charge < -0.3 is 29.0 Å². The van der Waals surface area contributed by atoms with Crippen LogP contribution in [0.4, 0.5) is 5.69 Å². The fraction of sp³-hybridized carbons (Fsp3) is 0.545. The first kappa shape index (κ1) is 27.7. The summed E-state index contributed by atoms with van der Waals surface area (Å²) in [6.45, 7) is 4.45. The van der Waals surface area contributed by atoms with Crippen molar-refractivity contribution >= 4 is 29.5 Å². The number of amides is 1. The van der Waals surface area contributed by atoms with Crippen LogP contribution < -0.4 is 5.32 Å². The van der Waals surface area contributed by atoms with Gasteiger partial charge >= 0.3 is 17.9 Å². The van der Waals surface area contributed by atoms with E-state index in [1.807, 2.05) is 0 Å². The van der Waals surface area contributed by atoms with Crippen LogP contribution in [0, 0.1) is 10.1 Å². The Morgan fingerprint density at radius 1 is 0.971 bits per heavy atom. The summed E-state index contributed by atoms with van der Waals surface area (Å²) < 4.78 is 27.5. The lowest BCUT2D eigenvalue weighted by Crippen LogP contribution is -2.66. The summed E-state index contributed by atoms with van der Waals surface area (Å²) in [5, 5.41) is 13.4. The number of non-ortho nitro benzene ring substituents is 1. The van der Waals surface area contributed by atoms with Crippen molar-refractivity contribution in [1.29, 1.82) is 0 Å². The third-order valence-electron chi connectivity index (χ3n) is 4.89. The highest BCUT2D eigenvalue weighted by atomic mass is 16.7. The number of nitrogens with one attached hydrogen (secondary N) is 1. The summed E-state index contributed by atoms with van der Waals surface area (Å²) >= 11 is 0. The molecule has 1 heterocycles. The van der Waals surface area contributed by atoms with Crippen LogP contribution in [0.5, 0.6) is 0 Å². The number of nitro benzene ring substituents is 1. The first-order valence-corrected chi connectivity index (χ1v) is 10.7. The number of carbonyl (C=O) groups is 4. The van der Waals surface area contributed by atoms with E-state index in [1.165, 1.54) is 26.0 Å². The van der Waals surface area contributed by atoms with E-state index in [0.29, 0.717) is 6.42 Å². The molecule has 0 aliphatic carbocycles. The Morgan fingerprint density at radius 3 is 2.09 bits per heavy atom. The van der Waals surface area contributed by atoms with E-state index in [9.17, 15) is 29.3 Å². The largest absolute Gasteiger partial charge is 0.463 e. The molecular formula is C22H28N2O11. The van der Waals surface area contributed by atoms with Crippen molar-refractivity contribution in [1.82, 2.24) is 5.32 Å². The van der Waals surface area contributed by atoms with Gasteiger partial charge in [0.25, 0.3) is 5.69 Å². The molecule has 192 valence electrons. The van der Waals surface area contributed by atoms with E-state index in [2.05, 4.69) is 5.32 Å². The van der Waals surface area contributed by atoms with Crippen LogP contribution in [0.3, 0.4) is 0 Å². The zero-order valence-corrected chi connectivity index (χ0v) is 19.8. The number of carbonyl (C=O) groups excluding carboxylic acids is 4. The third kappa shape index (κ3) is 8.61. The topological polar surface area (TPSA) is 170 Å². The Balaban J connectivity index is 2.26. The Hall–Kier alpha value is -3.58. The van der Waals surface area contributed by atoms with E-state index in [-0.39, 0.29) is 18.9 Å². The fourth-order valence-corrected chi connectivity index (χ4v) is 3.51. The maximum absolute atomic E-state index is 11.9. The van der Waals surface area contributed by atoms with Gasteiger partial charge in [0.15, 0.2) is 18.5 Å². The van der Waals surface area contributed by atoms with Gasteiger partial charge in [0.05, 0.1) is 11.5 Å².